The molecule has 2 aromatic heterocycles. The standard InChI is InChI=1S/C22H24N4O/c27-22(23-12-11-17-7-3-1-4-8-17)20-13-19-15-25-26(21(19)24-14-20)16-18-9-5-2-6-10-18/h2,5-7,9-10,13-15H,1,3-4,8,11-12,16H2,(H,23,27). The first-order valence-corrected chi connectivity index (χ1v) is 9.61. The number of amides is 1. The van der Waals surface area contributed by atoms with Gasteiger partial charge in [0.1, 0.15) is 0 Å². The molecule has 0 atom stereocenters. The average molecular weight is 360 g/mol. The Kier molecular flexibility index (Phi) is 5.28. The van der Waals surface area contributed by atoms with Gasteiger partial charge in [-0.3, -0.25) is 4.79 Å². The van der Waals surface area contributed by atoms with Crippen molar-refractivity contribution in [1.82, 2.24) is 20.1 Å². The molecule has 0 saturated heterocycles. The number of nitrogens with one attached hydrogen (secondary N) is 1. The molecule has 5 nitrogen and oxygen atoms in total. The van der Waals surface area contributed by atoms with Gasteiger partial charge in [-0.25, -0.2) is 9.67 Å². The fourth-order valence-corrected chi connectivity index (χ4v) is 3.54. The molecule has 0 spiro atoms. The van der Waals surface area contributed by atoms with Gasteiger partial charge >= 0.3 is 0 Å². The van der Waals surface area contributed by atoms with Gasteiger partial charge in [0, 0.05) is 18.1 Å². The van der Waals surface area contributed by atoms with Crippen LogP contribution in [0.1, 0.15) is 48.0 Å². The van der Waals surface area contributed by atoms with Gasteiger partial charge in [0.15, 0.2) is 5.65 Å². The van der Waals surface area contributed by atoms with Crippen molar-refractivity contribution >= 4 is 16.9 Å². The van der Waals surface area contributed by atoms with Crippen LogP contribution < -0.4 is 5.32 Å². The highest BCUT2D eigenvalue weighted by molar-refractivity contribution is 5.96. The normalized spacial score (nSPS) is 14.1. The number of benzene rings is 1. The molecular weight excluding hydrogens is 336 g/mol. The molecule has 1 aliphatic carbocycles. The predicted octanol–water partition coefficient (Wildman–Crippen LogP) is 4.10. The van der Waals surface area contributed by atoms with E-state index in [0.717, 1.165) is 17.5 Å². The van der Waals surface area contributed by atoms with E-state index in [-0.39, 0.29) is 5.91 Å². The summed E-state index contributed by atoms with van der Waals surface area (Å²) in [5.74, 6) is -0.0726. The first-order valence-electron chi connectivity index (χ1n) is 9.61. The van der Waals surface area contributed by atoms with E-state index in [1.54, 1.807) is 12.4 Å². The number of hydrogen-bond acceptors (Lipinski definition) is 3. The number of rotatable bonds is 6. The van der Waals surface area contributed by atoms with E-state index in [1.807, 2.05) is 28.9 Å². The summed E-state index contributed by atoms with van der Waals surface area (Å²) in [6, 6.07) is 12.0. The molecule has 3 aromatic rings. The van der Waals surface area contributed by atoms with Crippen LogP contribution in [0.5, 0.6) is 0 Å². The molecule has 138 valence electrons. The summed E-state index contributed by atoms with van der Waals surface area (Å²) in [5.41, 5.74) is 4.02. The Morgan fingerprint density at radius 2 is 2.04 bits per heavy atom. The number of aromatic nitrogens is 3. The third kappa shape index (κ3) is 4.25. The van der Waals surface area contributed by atoms with Gasteiger partial charge in [0.05, 0.1) is 18.3 Å². The number of pyridine rings is 1. The lowest BCUT2D eigenvalue weighted by Gasteiger charge is -2.13. The van der Waals surface area contributed by atoms with Crippen LogP contribution in [-0.2, 0) is 6.54 Å². The van der Waals surface area contributed by atoms with Crippen molar-refractivity contribution in [3.8, 4) is 0 Å². The number of allylic oxidation sites excluding steroid dienone is 1. The van der Waals surface area contributed by atoms with Crippen LogP contribution >= 0.6 is 0 Å². The Morgan fingerprint density at radius 1 is 1.15 bits per heavy atom. The topological polar surface area (TPSA) is 59.8 Å². The second-order valence-electron chi connectivity index (χ2n) is 7.04. The van der Waals surface area contributed by atoms with E-state index in [0.29, 0.717) is 18.7 Å². The molecule has 0 fully saturated rings. The average Bonchev–Trinajstić information content (AvgIpc) is 3.11. The second-order valence-corrected chi connectivity index (χ2v) is 7.04. The maximum Gasteiger partial charge on any atom is 0.252 e. The van der Waals surface area contributed by atoms with Crippen LogP contribution in [0.3, 0.4) is 0 Å². The first-order chi connectivity index (χ1) is 13.3. The van der Waals surface area contributed by atoms with Crippen LogP contribution in [-0.4, -0.2) is 27.2 Å². The molecule has 1 amide bonds. The lowest BCUT2D eigenvalue weighted by molar-refractivity contribution is 0.0954. The number of carbonyl (C=O) groups is 1. The molecule has 0 unspecified atom stereocenters. The monoisotopic (exact) mass is 360 g/mol. The minimum absolute atomic E-state index is 0.0726. The largest absolute Gasteiger partial charge is 0.352 e. The third-order valence-electron chi connectivity index (χ3n) is 5.03. The highest BCUT2D eigenvalue weighted by atomic mass is 16.1. The molecule has 0 saturated carbocycles. The summed E-state index contributed by atoms with van der Waals surface area (Å²) >= 11 is 0. The van der Waals surface area contributed by atoms with Gasteiger partial charge in [0.2, 0.25) is 0 Å². The quantitative estimate of drug-likeness (QED) is 0.673. The number of hydrogen-bond donors (Lipinski definition) is 1. The smallest absolute Gasteiger partial charge is 0.252 e. The van der Waals surface area contributed by atoms with E-state index >= 15 is 0 Å². The van der Waals surface area contributed by atoms with Gasteiger partial charge in [0.25, 0.3) is 5.91 Å². The van der Waals surface area contributed by atoms with Gasteiger partial charge in [-0.05, 0) is 43.7 Å². The Hall–Kier alpha value is -2.95. The van der Waals surface area contributed by atoms with E-state index in [2.05, 4.69) is 33.6 Å². The molecule has 2 heterocycles. The molecule has 0 aliphatic heterocycles. The zero-order valence-electron chi connectivity index (χ0n) is 15.4. The summed E-state index contributed by atoms with van der Waals surface area (Å²) < 4.78 is 1.86. The van der Waals surface area contributed by atoms with Crippen molar-refractivity contribution in [2.24, 2.45) is 0 Å². The minimum Gasteiger partial charge on any atom is -0.352 e. The summed E-state index contributed by atoms with van der Waals surface area (Å²) in [6.45, 7) is 1.34. The van der Waals surface area contributed by atoms with Gasteiger partial charge in [-0.2, -0.15) is 5.10 Å². The molecule has 27 heavy (non-hydrogen) atoms. The van der Waals surface area contributed by atoms with Crippen molar-refractivity contribution in [2.45, 2.75) is 38.6 Å². The number of fused-ring (bicyclic) bond motifs is 1. The van der Waals surface area contributed by atoms with Crippen molar-refractivity contribution in [3.63, 3.8) is 0 Å². The van der Waals surface area contributed by atoms with Crippen molar-refractivity contribution < 1.29 is 4.79 Å². The SMILES string of the molecule is O=C(NCCC1=CCCCC1)c1cnc2c(cnn2Cc2ccccc2)c1. The van der Waals surface area contributed by atoms with Crippen LogP contribution in [0.25, 0.3) is 11.0 Å². The lowest BCUT2D eigenvalue weighted by Crippen LogP contribution is -2.25. The third-order valence-corrected chi connectivity index (χ3v) is 5.03. The highest BCUT2D eigenvalue weighted by Gasteiger charge is 2.11. The van der Waals surface area contributed by atoms with Crippen molar-refractivity contribution in [3.05, 3.63) is 71.6 Å². The summed E-state index contributed by atoms with van der Waals surface area (Å²) in [5, 5.41) is 8.32. The van der Waals surface area contributed by atoms with Crippen LogP contribution in [0.4, 0.5) is 0 Å². The molecule has 1 aromatic carbocycles. The first kappa shape index (κ1) is 17.5. The maximum absolute atomic E-state index is 12.4. The number of carbonyl (C=O) groups excluding carboxylic acids is 1. The Labute approximate surface area is 159 Å². The lowest BCUT2D eigenvalue weighted by atomic mass is 9.97. The van der Waals surface area contributed by atoms with Gasteiger partial charge in [-0.1, -0.05) is 42.0 Å². The maximum atomic E-state index is 12.4. The molecule has 5 heteroatoms. The van der Waals surface area contributed by atoms with E-state index in [1.165, 1.54) is 36.8 Å². The fourth-order valence-electron chi connectivity index (χ4n) is 3.54. The molecule has 0 bridgehead atoms. The summed E-state index contributed by atoms with van der Waals surface area (Å²) in [7, 11) is 0. The van der Waals surface area contributed by atoms with Crippen LogP contribution in [0.2, 0.25) is 0 Å². The summed E-state index contributed by atoms with van der Waals surface area (Å²) in [6.07, 6.45) is 11.6. The minimum atomic E-state index is -0.0726. The Balaban J connectivity index is 1.41. The molecule has 1 N–H and O–H groups in total. The number of nitrogens with zero attached hydrogens (tertiary/aromatic N) is 3. The zero-order valence-corrected chi connectivity index (χ0v) is 15.4. The van der Waals surface area contributed by atoms with E-state index < -0.39 is 0 Å². The predicted molar refractivity (Wildman–Crippen MR) is 107 cm³/mol. The zero-order chi connectivity index (χ0) is 18.5. The van der Waals surface area contributed by atoms with Crippen LogP contribution in [0.15, 0.2) is 60.4 Å². The fraction of sp³-hybridized carbons (Fsp3) is 0.318. The molecule has 1 aliphatic rings. The Morgan fingerprint density at radius 3 is 2.85 bits per heavy atom. The molecular formula is C22H24N4O. The van der Waals surface area contributed by atoms with Crippen molar-refractivity contribution in [2.75, 3.05) is 6.54 Å². The summed E-state index contributed by atoms with van der Waals surface area (Å²) in [4.78, 5) is 16.9. The van der Waals surface area contributed by atoms with Gasteiger partial charge in [-0.15, -0.1) is 0 Å². The van der Waals surface area contributed by atoms with Crippen molar-refractivity contribution in [1.29, 1.82) is 0 Å². The van der Waals surface area contributed by atoms with Crippen LogP contribution in [0, 0.1) is 0 Å². The molecule has 4 rings (SSSR count). The van der Waals surface area contributed by atoms with Gasteiger partial charge < -0.3 is 5.32 Å². The Bertz CT molecular complexity index is 959. The van der Waals surface area contributed by atoms with E-state index in [9.17, 15) is 4.79 Å². The highest BCUT2D eigenvalue weighted by Crippen LogP contribution is 2.19. The second kappa shape index (κ2) is 8.16. The molecule has 0 radical (unpaired) electrons. The van der Waals surface area contributed by atoms with E-state index in [4.69, 9.17) is 0 Å².